The maximum Gasteiger partial charge on any atom is 0.292 e. The Morgan fingerprint density at radius 3 is 2.57 bits per heavy atom. The molecule has 1 heterocycles. The van der Waals surface area contributed by atoms with Crippen LogP contribution in [0.3, 0.4) is 0 Å². The van der Waals surface area contributed by atoms with Crippen LogP contribution in [0.15, 0.2) is 30.3 Å². The molecular formula is C14H14N4O3. The number of rotatable bonds is 3. The molecule has 0 spiro atoms. The second-order valence-electron chi connectivity index (χ2n) is 4.57. The number of pyridine rings is 1. The van der Waals surface area contributed by atoms with Gasteiger partial charge in [-0.3, -0.25) is 19.9 Å². The van der Waals surface area contributed by atoms with E-state index in [0.29, 0.717) is 11.4 Å². The van der Waals surface area contributed by atoms with Crippen molar-refractivity contribution in [3.63, 3.8) is 0 Å². The number of aromatic nitrogens is 1. The highest BCUT2D eigenvalue weighted by molar-refractivity contribution is 6.05. The molecule has 1 aromatic carbocycles. The van der Waals surface area contributed by atoms with E-state index in [9.17, 15) is 14.9 Å². The number of carbonyl (C=O) groups is 1. The number of nitrogens with zero attached hydrogens (tertiary/aromatic N) is 2. The first-order valence-corrected chi connectivity index (χ1v) is 6.18. The molecule has 108 valence electrons. The second kappa shape index (κ2) is 5.58. The average molecular weight is 286 g/mol. The van der Waals surface area contributed by atoms with Gasteiger partial charge in [0.2, 0.25) is 0 Å². The van der Waals surface area contributed by atoms with E-state index in [4.69, 9.17) is 5.73 Å². The fraction of sp³-hybridized carbons (Fsp3) is 0.143. The minimum Gasteiger partial charge on any atom is -0.393 e. The molecule has 0 aliphatic rings. The Labute approximate surface area is 121 Å². The highest BCUT2D eigenvalue weighted by Gasteiger charge is 2.15. The first-order chi connectivity index (χ1) is 9.88. The van der Waals surface area contributed by atoms with E-state index in [-0.39, 0.29) is 16.9 Å². The van der Waals surface area contributed by atoms with Crippen LogP contribution in [-0.2, 0) is 0 Å². The monoisotopic (exact) mass is 286 g/mol. The van der Waals surface area contributed by atoms with Gasteiger partial charge in [-0.2, -0.15) is 0 Å². The summed E-state index contributed by atoms with van der Waals surface area (Å²) in [5.41, 5.74) is 7.68. The summed E-state index contributed by atoms with van der Waals surface area (Å²) in [5.74, 6) is -0.398. The van der Waals surface area contributed by atoms with Crippen molar-refractivity contribution in [3.05, 3.63) is 57.4 Å². The number of benzene rings is 1. The maximum absolute atomic E-state index is 12.1. The van der Waals surface area contributed by atoms with Gasteiger partial charge in [0, 0.05) is 17.3 Å². The Morgan fingerprint density at radius 1 is 1.29 bits per heavy atom. The molecule has 0 unspecified atom stereocenters. The molecular weight excluding hydrogens is 272 g/mol. The van der Waals surface area contributed by atoms with Gasteiger partial charge < -0.3 is 11.1 Å². The molecule has 0 fully saturated rings. The van der Waals surface area contributed by atoms with Crippen molar-refractivity contribution in [2.45, 2.75) is 13.8 Å². The standard InChI is InChI=1S/C14H14N4O3/c1-8-3-5-12(9(2)16-8)17-14(19)10-4-6-13(18(20)21)11(15)7-10/h3-7H,15H2,1-2H3,(H,17,19). The van der Waals surface area contributed by atoms with E-state index in [1.807, 2.05) is 6.92 Å². The first kappa shape index (κ1) is 14.4. The van der Waals surface area contributed by atoms with Crippen molar-refractivity contribution >= 4 is 23.0 Å². The predicted molar refractivity (Wildman–Crippen MR) is 79.2 cm³/mol. The summed E-state index contributed by atoms with van der Waals surface area (Å²) in [6.07, 6.45) is 0. The quantitative estimate of drug-likeness (QED) is 0.511. The lowest BCUT2D eigenvalue weighted by Crippen LogP contribution is -2.14. The minimum atomic E-state index is -0.592. The van der Waals surface area contributed by atoms with Gasteiger partial charge in [-0.05, 0) is 38.1 Å². The number of nitrogen functional groups attached to an aromatic ring is 1. The molecule has 0 saturated carbocycles. The normalized spacial score (nSPS) is 10.2. The van der Waals surface area contributed by atoms with Crippen LogP contribution in [0.1, 0.15) is 21.7 Å². The van der Waals surface area contributed by atoms with Crippen LogP contribution >= 0.6 is 0 Å². The lowest BCUT2D eigenvalue weighted by molar-refractivity contribution is -0.383. The van der Waals surface area contributed by atoms with Crippen LogP contribution in [-0.4, -0.2) is 15.8 Å². The Morgan fingerprint density at radius 2 is 2.00 bits per heavy atom. The summed E-state index contributed by atoms with van der Waals surface area (Å²) in [4.78, 5) is 26.5. The molecule has 2 aromatic rings. The van der Waals surface area contributed by atoms with E-state index in [0.717, 1.165) is 5.69 Å². The molecule has 0 saturated heterocycles. The smallest absolute Gasteiger partial charge is 0.292 e. The molecule has 0 aliphatic heterocycles. The number of anilines is 2. The summed E-state index contributed by atoms with van der Waals surface area (Å²) in [6, 6.07) is 7.40. The van der Waals surface area contributed by atoms with E-state index in [2.05, 4.69) is 10.3 Å². The molecule has 7 nitrogen and oxygen atoms in total. The van der Waals surface area contributed by atoms with Crippen LogP contribution < -0.4 is 11.1 Å². The number of hydrogen-bond acceptors (Lipinski definition) is 5. The highest BCUT2D eigenvalue weighted by atomic mass is 16.6. The van der Waals surface area contributed by atoms with Gasteiger partial charge in [-0.25, -0.2) is 0 Å². The number of nitrogens with two attached hydrogens (primary N) is 1. The molecule has 3 N–H and O–H groups in total. The minimum absolute atomic E-state index is 0.0496. The largest absolute Gasteiger partial charge is 0.393 e. The lowest BCUT2D eigenvalue weighted by Gasteiger charge is -2.09. The van der Waals surface area contributed by atoms with E-state index >= 15 is 0 Å². The van der Waals surface area contributed by atoms with Crippen LogP contribution in [0.25, 0.3) is 0 Å². The fourth-order valence-electron chi connectivity index (χ4n) is 1.88. The molecule has 21 heavy (non-hydrogen) atoms. The molecule has 0 atom stereocenters. The predicted octanol–water partition coefficient (Wildman–Crippen LogP) is 2.44. The van der Waals surface area contributed by atoms with E-state index in [1.165, 1.54) is 18.2 Å². The van der Waals surface area contributed by atoms with Crippen molar-refractivity contribution < 1.29 is 9.72 Å². The fourth-order valence-corrected chi connectivity index (χ4v) is 1.88. The zero-order valence-electron chi connectivity index (χ0n) is 11.6. The molecule has 1 aromatic heterocycles. The van der Waals surface area contributed by atoms with Crippen LogP contribution in [0, 0.1) is 24.0 Å². The Hall–Kier alpha value is -2.96. The average Bonchev–Trinajstić information content (AvgIpc) is 2.41. The topological polar surface area (TPSA) is 111 Å². The highest BCUT2D eigenvalue weighted by Crippen LogP contribution is 2.23. The van der Waals surface area contributed by atoms with Crippen molar-refractivity contribution in [1.29, 1.82) is 0 Å². The summed E-state index contributed by atoms with van der Waals surface area (Å²) >= 11 is 0. The lowest BCUT2D eigenvalue weighted by atomic mass is 10.1. The van der Waals surface area contributed by atoms with Gasteiger partial charge in [0.1, 0.15) is 5.69 Å². The van der Waals surface area contributed by atoms with Crippen molar-refractivity contribution in [1.82, 2.24) is 4.98 Å². The zero-order valence-corrected chi connectivity index (χ0v) is 11.6. The SMILES string of the molecule is Cc1ccc(NC(=O)c2ccc([N+](=O)[O-])c(N)c2)c(C)n1. The van der Waals surface area contributed by atoms with E-state index in [1.54, 1.807) is 19.1 Å². The van der Waals surface area contributed by atoms with Gasteiger partial charge in [-0.1, -0.05) is 0 Å². The number of nitrogens with one attached hydrogen (secondary N) is 1. The van der Waals surface area contributed by atoms with Gasteiger partial charge in [0.25, 0.3) is 11.6 Å². The Kier molecular flexibility index (Phi) is 3.84. The van der Waals surface area contributed by atoms with Crippen LogP contribution in [0.2, 0.25) is 0 Å². The number of nitro groups is 1. The van der Waals surface area contributed by atoms with Crippen molar-refractivity contribution in [3.8, 4) is 0 Å². The molecule has 0 bridgehead atoms. The second-order valence-corrected chi connectivity index (χ2v) is 4.57. The maximum atomic E-state index is 12.1. The number of aryl methyl sites for hydroxylation is 2. The van der Waals surface area contributed by atoms with Crippen molar-refractivity contribution in [2.75, 3.05) is 11.1 Å². The Bertz CT molecular complexity index is 728. The zero-order chi connectivity index (χ0) is 15.6. The molecule has 2 rings (SSSR count). The summed E-state index contributed by atoms with van der Waals surface area (Å²) < 4.78 is 0. The third-order valence-electron chi connectivity index (χ3n) is 2.96. The van der Waals surface area contributed by atoms with Crippen LogP contribution in [0.4, 0.5) is 17.1 Å². The number of carbonyl (C=O) groups excluding carboxylic acids is 1. The van der Waals surface area contributed by atoms with Gasteiger partial charge >= 0.3 is 0 Å². The molecule has 0 radical (unpaired) electrons. The first-order valence-electron chi connectivity index (χ1n) is 6.18. The van der Waals surface area contributed by atoms with Gasteiger partial charge in [-0.15, -0.1) is 0 Å². The van der Waals surface area contributed by atoms with Gasteiger partial charge in [0.05, 0.1) is 16.3 Å². The van der Waals surface area contributed by atoms with E-state index < -0.39 is 10.8 Å². The third kappa shape index (κ3) is 3.14. The summed E-state index contributed by atoms with van der Waals surface area (Å²) in [5, 5.41) is 13.4. The molecule has 1 amide bonds. The number of hydrogen-bond donors (Lipinski definition) is 2. The van der Waals surface area contributed by atoms with Crippen molar-refractivity contribution in [2.24, 2.45) is 0 Å². The summed E-state index contributed by atoms with van der Waals surface area (Å²) in [7, 11) is 0. The number of amides is 1. The Balaban J connectivity index is 2.24. The van der Waals surface area contributed by atoms with Gasteiger partial charge in [0.15, 0.2) is 0 Å². The summed E-state index contributed by atoms with van der Waals surface area (Å²) in [6.45, 7) is 3.64. The van der Waals surface area contributed by atoms with Crippen LogP contribution in [0.5, 0.6) is 0 Å². The number of nitro benzene ring substituents is 1. The third-order valence-corrected chi connectivity index (χ3v) is 2.96. The molecule has 0 aliphatic carbocycles. The molecule has 7 heteroatoms.